The van der Waals surface area contributed by atoms with Gasteiger partial charge in [-0.05, 0) is 56.2 Å². The van der Waals surface area contributed by atoms with E-state index >= 15 is 0 Å². The number of hydrogen-bond acceptors (Lipinski definition) is 4. The highest BCUT2D eigenvalue weighted by Crippen LogP contribution is 2.08. The van der Waals surface area contributed by atoms with Gasteiger partial charge in [-0.1, -0.05) is 36.1 Å². The molecule has 2 N–H and O–H groups in total. The summed E-state index contributed by atoms with van der Waals surface area (Å²) in [4.78, 5) is 23.4. The number of carbonyl (C=O) groups excluding carboxylic acids is 2. The van der Waals surface area contributed by atoms with Crippen molar-refractivity contribution in [3.05, 3.63) is 71.0 Å². The van der Waals surface area contributed by atoms with E-state index < -0.39 is 11.7 Å². The number of nitrogens with one attached hydrogen (secondary N) is 2. The Hall–Kier alpha value is -3.37. The van der Waals surface area contributed by atoms with E-state index in [0.717, 1.165) is 16.7 Å². The van der Waals surface area contributed by atoms with Crippen LogP contribution in [-0.4, -0.2) is 30.8 Å². The van der Waals surface area contributed by atoms with Crippen LogP contribution >= 0.6 is 0 Å². The normalized spacial score (nSPS) is 10.6. The zero-order chi connectivity index (χ0) is 22.7. The minimum absolute atomic E-state index is 0.0988. The van der Waals surface area contributed by atoms with E-state index in [1.54, 1.807) is 12.1 Å². The summed E-state index contributed by atoms with van der Waals surface area (Å²) in [5.74, 6) is 5.24. The number of amides is 2. The van der Waals surface area contributed by atoms with Crippen LogP contribution in [0.1, 0.15) is 37.5 Å². The average molecular weight is 426 g/mol. The van der Waals surface area contributed by atoms with Gasteiger partial charge >= 0.3 is 6.09 Å². The van der Waals surface area contributed by atoms with Crippen LogP contribution < -0.4 is 10.6 Å². The van der Waals surface area contributed by atoms with Crippen molar-refractivity contribution in [1.29, 1.82) is 0 Å². The Morgan fingerprint density at radius 2 is 1.61 bits per heavy atom. The lowest BCUT2D eigenvalue weighted by Gasteiger charge is -2.19. The highest BCUT2D eigenvalue weighted by atomic mass is 19.1. The smallest absolute Gasteiger partial charge is 0.407 e. The van der Waals surface area contributed by atoms with Gasteiger partial charge in [0, 0.05) is 12.1 Å². The van der Waals surface area contributed by atoms with Crippen LogP contribution in [0.3, 0.4) is 0 Å². The molecule has 0 fully saturated rings. The molecule has 0 saturated carbocycles. The number of carbonyl (C=O) groups is 2. The van der Waals surface area contributed by atoms with Gasteiger partial charge in [-0.2, -0.15) is 0 Å². The molecular formula is C24H27FN2O4. The molecule has 0 spiro atoms. The lowest BCUT2D eigenvalue weighted by molar-refractivity contribution is -0.125. The number of benzene rings is 2. The first kappa shape index (κ1) is 23.9. The van der Waals surface area contributed by atoms with Crippen molar-refractivity contribution in [2.75, 3.05) is 13.2 Å². The third kappa shape index (κ3) is 10.3. The number of alkyl carbamates (subject to hydrolysis) is 1. The van der Waals surface area contributed by atoms with Crippen molar-refractivity contribution < 1.29 is 23.5 Å². The van der Waals surface area contributed by atoms with Gasteiger partial charge in [0.2, 0.25) is 5.91 Å². The van der Waals surface area contributed by atoms with E-state index in [-0.39, 0.29) is 31.5 Å². The van der Waals surface area contributed by atoms with Crippen molar-refractivity contribution in [1.82, 2.24) is 10.6 Å². The van der Waals surface area contributed by atoms with Gasteiger partial charge < -0.3 is 20.1 Å². The summed E-state index contributed by atoms with van der Waals surface area (Å²) in [6.45, 7) is 6.11. The minimum Gasteiger partial charge on any atom is -0.444 e. The second kappa shape index (κ2) is 11.7. The quantitative estimate of drug-likeness (QED) is 0.664. The maximum atomic E-state index is 12.8. The Balaban J connectivity index is 1.66. The molecule has 2 rings (SSSR count). The Morgan fingerprint density at radius 3 is 2.26 bits per heavy atom. The van der Waals surface area contributed by atoms with Gasteiger partial charge in [0.1, 0.15) is 18.0 Å². The first-order chi connectivity index (χ1) is 14.7. The van der Waals surface area contributed by atoms with E-state index in [2.05, 4.69) is 22.5 Å². The molecule has 31 heavy (non-hydrogen) atoms. The summed E-state index contributed by atoms with van der Waals surface area (Å²) in [6.07, 6.45) is -0.464. The predicted molar refractivity (Wildman–Crippen MR) is 115 cm³/mol. The van der Waals surface area contributed by atoms with Crippen molar-refractivity contribution in [2.45, 2.75) is 39.5 Å². The SMILES string of the molecule is CC(C)(C)OC(=O)NCc1ccc(C#CCNC(=O)COCc2ccc(F)cc2)cc1. The molecule has 0 radical (unpaired) electrons. The monoisotopic (exact) mass is 426 g/mol. The summed E-state index contributed by atoms with van der Waals surface area (Å²) >= 11 is 0. The van der Waals surface area contributed by atoms with E-state index in [1.807, 2.05) is 45.0 Å². The lowest BCUT2D eigenvalue weighted by atomic mass is 10.1. The lowest BCUT2D eigenvalue weighted by Crippen LogP contribution is -2.32. The molecule has 0 saturated heterocycles. The Morgan fingerprint density at radius 1 is 0.968 bits per heavy atom. The molecule has 0 bridgehead atoms. The predicted octanol–water partition coefficient (Wildman–Crippen LogP) is 3.53. The molecule has 7 heteroatoms. The molecule has 0 aromatic heterocycles. The van der Waals surface area contributed by atoms with Crippen molar-refractivity contribution >= 4 is 12.0 Å². The van der Waals surface area contributed by atoms with Crippen LogP contribution in [0.4, 0.5) is 9.18 Å². The summed E-state index contributed by atoms with van der Waals surface area (Å²) in [5, 5.41) is 5.35. The van der Waals surface area contributed by atoms with Gasteiger partial charge in [0.15, 0.2) is 0 Å². The molecule has 0 unspecified atom stereocenters. The molecule has 2 aromatic carbocycles. The van der Waals surface area contributed by atoms with Gasteiger partial charge in [-0.15, -0.1) is 0 Å². The Labute approximate surface area is 182 Å². The highest BCUT2D eigenvalue weighted by Gasteiger charge is 2.15. The summed E-state index contributed by atoms with van der Waals surface area (Å²) in [5.41, 5.74) is 1.97. The summed E-state index contributed by atoms with van der Waals surface area (Å²) < 4.78 is 23.3. The van der Waals surface area contributed by atoms with Crippen LogP contribution in [0.25, 0.3) is 0 Å². The van der Waals surface area contributed by atoms with Gasteiger partial charge in [-0.25, -0.2) is 9.18 Å². The molecule has 0 aliphatic carbocycles. The first-order valence-corrected chi connectivity index (χ1v) is 9.85. The van der Waals surface area contributed by atoms with Gasteiger partial charge in [0.25, 0.3) is 0 Å². The van der Waals surface area contributed by atoms with E-state index in [9.17, 15) is 14.0 Å². The molecule has 0 heterocycles. The average Bonchev–Trinajstić information content (AvgIpc) is 2.71. The molecule has 0 aliphatic rings. The first-order valence-electron chi connectivity index (χ1n) is 9.85. The second-order valence-corrected chi connectivity index (χ2v) is 7.75. The van der Waals surface area contributed by atoms with Gasteiger partial charge in [-0.3, -0.25) is 4.79 Å². The molecule has 6 nitrogen and oxygen atoms in total. The Kier molecular flexibility index (Phi) is 9.04. The van der Waals surface area contributed by atoms with Crippen molar-refractivity contribution in [2.24, 2.45) is 0 Å². The topological polar surface area (TPSA) is 76.7 Å². The summed E-state index contributed by atoms with van der Waals surface area (Å²) in [6, 6.07) is 13.3. The highest BCUT2D eigenvalue weighted by molar-refractivity contribution is 5.77. The van der Waals surface area contributed by atoms with Gasteiger partial charge in [0.05, 0.1) is 13.2 Å². The fourth-order valence-electron chi connectivity index (χ4n) is 2.38. The van der Waals surface area contributed by atoms with Crippen LogP contribution in [0, 0.1) is 17.7 Å². The van der Waals surface area contributed by atoms with Crippen molar-refractivity contribution in [3.8, 4) is 11.8 Å². The molecule has 164 valence electrons. The van der Waals surface area contributed by atoms with Crippen LogP contribution in [-0.2, 0) is 27.4 Å². The maximum absolute atomic E-state index is 12.8. The maximum Gasteiger partial charge on any atom is 0.407 e. The largest absolute Gasteiger partial charge is 0.444 e. The standard InChI is InChI=1S/C24H27FN2O4/c1-24(2,3)31-23(29)27-15-19-8-6-18(7-9-19)5-4-14-26-22(28)17-30-16-20-10-12-21(25)13-11-20/h6-13H,14-17H2,1-3H3,(H,26,28)(H,27,29). The number of ether oxygens (including phenoxy) is 2. The molecule has 2 aromatic rings. The number of halogens is 1. The molecule has 0 atom stereocenters. The molecule has 2 amide bonds. The van der Waals surface area contributed by atoms with E-state index in [1.165, 1.54) is 12.1 Å². The number of rotatable bonds is 7. The third-order valence-corrected chi connectivity index (χ3v) is 3.81. The zero-order valence-electron chi connectivity index (χ0n) is 18.0. The summed E-state index contributed by atoms with van der Waals surface area (Å²) in [7, 11) is 0. The second-order valence-electron chi connectivity index (χ2n) is 7.75. The fraction of sp³-hybridized carbons (Fsp3) is 0.333. The fourth-order valence-corrected chi connectivity index (χ4v) is 2.38. The minimum atomic E-state index is -0.534. The van der Waals surface area contributed by atoms with Crippen LogP contribution in [0.2, 0.25) is 0 Å². The number of hydrogen-bond donors (Lipinski definition) is 2. The third-order valence-electron chi connectivity index (χ3n) is 3.81. The van der Waals surface area contributed by atoms with Crippen LogP contribution in [0.15, 0.2) is 48.5 Å². The Bertz CT molecular complexity index is 923. The van der Waals surface area contributed by atoms with E-state index in [0.29, 0.717) is 6.54 Å². The molecular weight excluding hydrogens is 399 g/mol. The van der Waals surface area contributed by atoms with Crippen molar-refractivity contribution in [3.63, 3.8) is 0 Å². The zero-order valence-corrected chi connectivity index (χ0v) is 18.0. The van der Waals surface area contributed by atoms with Crippen LogP contribution in [0.5, 0.6) is 0 Å². The van der Waals surface area contributed by atoms with E-state index in [4.69, 9.17) is 9.47 Å². The molecule has 0 aliphatic heterocycles.